The van der Waals surface area contributed by atoms with E-state index in [-0.39, 0.29) is 4.21 Å². The maximum absolute atomic E-state index is 12.0. The first-order chi connectivity index (χ1) is 9.00. The van der Waals surface area contributed by atoms with Gasteiger partial charge in [-0.05, 0) is 17.0 Å². The van der Waals surface area contributed by atoms with Gasteiger partial charge in [0.1, 0.15) is 10.3 Å². The van der Waals surface area contributed by atoms with E-state index in [1.165, 1.54) is 6.07 Å². The van der Waals surface area contributed by atoms with Crippen LogP contribution < -0.4 is 4.72 Å². The Morgan fingerprint density at radius 2 is 1.84 bits per heavy atom. The summed E-state index contributed by atoms with van der Waals surface area (Å²) < 4.78 is 26.3. The van der Waals surface area contributed by atoms with Crippen molar-refractivity contribution in [3.63, 3.8) is 0 Å². The molecule has 0 aliphatic heterocycles. The topological polar surface area (TPSA) is 83.5 Å². The zero-order valence-electron chi connectivity index (χ0n) is 9.68. The molecule has 2 aromatic rings. The van der Waals surface area contributed by atoms with Crippen molar-refractivity contribution in [3.05, 3.63) is 53.4 Å². The van der Waals surface area contributed by atoms with E-state index in [1.807, 2.05) is 0 Å². The Morgan fingerprint density at radius 3 is 2.37 bits per heavy atom. The van der Waals surface area contributed by atoms with Gasteiger partial charge in [0.05, 0.1) is 0 Å². The van der Waals surface area contributed by atoms with E-state index >= 15 is 0 Å². The molecule has 0 bridgehead atoms. The van der Waals surface area contributed by atoms with Crippen LogP contribution in [0.3, 0.4) is 0 Å². The van der Waals surface area contributed by atoms with Crippen molar-refractivity contribution in [2.24, 2.45) is 0 Å². The highest BCUT2D eigenvalue weighted by Gasteiger charge is 2.27. The van der Waals surface area contributed by atoms with Crippen molar-refractivity contribution < 1.29 is 18.3 Å². The van der Waals surface area contributed by atoms with E-state index in [4.69, 9.17) is 5.11 Å². The van der Waals surface area contributed by atoms with E-state index in [2.05, 4.69) is 4.72 Å². The number of nitrogens with one attached hydrogen (secondary N) is 1. The molecule has 0 aliphatic carbocycles. The average molecular weight is 297 g/mol. The molecule has 0 spiro atoms. The molecule has 1 heterocycles. The lowest BCUT2D eigenvalue weighted by molar-refractivity contribution is -0.139. The fourth-order valence-corrected chi connectivity index (χ4v) is 3.72. The zero-order chi connectivity index (χ0) is 13.9. The van der Waals surface area contributed by atoms with Gasteiger partial charge in [0, 0.05) is 0 Å². The number of thiophene rings is 1. The fourth-order valence-electron chi connectivity index (χ4n) is 1.54. The highest BCUT2D eigenvalue weighted by atomic mass is 32.2. The molecular formula is C12H11NO4S2. The Morgan fingerprint density at radius 1 is 1.16 bits per heavy atom. The van der Waals surface area contributed by atoms with E-state index in [9.17, 15) is 13.2 Å². The Labute approximate surface area is 114 Å². The highest BCUT2D eigenvalue weighted by Crippen LogP contribution is 2.20. The molecule has 5 nitrogen and oxygen atoms in total. The summed E-state index contributed by atoms with van der Waals surface area (Å²) in [7, 11) is -3.82. The molecule has 1 atom stereocenters. The summed E-state index contributed by atoms with van der Waals surface area (Å²) in [6.07, 6.45) is 0. The van der Waals surface area contributed by atoms with Gasteiger partial charge >= 0.3 is 5.97 Å². The Bertz CT molecular complexity index is 650. The minimum absolute atomic E-state index is 0.0923. The van der Waals surface area contributed by atoms with Crippen molar-refractivity contribution in [1.29, 1.82) is 0 Å². The van der Waals surface area contributed by atoms with Crippen LogP contribution in [0.15, 0.2) is 52.1 Å². The Hall–Kier alpha value is -1.70. The van der Waals surface area contributed by atoms with Gasteiger partial charge in [-0.2, -0.15) is 4.72 Å². The number of hydrogen-bond acceptors (Lipinski definition) is 4. The number of sulfonamides is 1. The number of rotatable bonds is 5. The molecule has 2 rings (SSSR count). The lowest BCUT2D eigenvalue weighted by Gasteiger charge is -2.14. The van der Waals surface area contributed by atoms with Crippen molar-refractivity contribution in [1.82, 2.24) is 4.72 Å². The standard InChI is InChI=1S/C12H11NO4S2/c14-12(15)11(9-5-2-1-3-6-9)13-19(16,17)10-7-4-8-18-10/h1-8,11,13H,(H,14,15). The lowest BCUT2D eigenvalue weighted by Crippen LogP contribution is -2.33. The van der Waals surface area contributed by atoms with Crippen LogP contribution in [0.2, 0.25) is 0 Å². The molecule has 1 aromatic carbocycles. The number of hydrogen-bond donors (Lipinski definition) is 2. The van der Waals surface area contributed by atoms with Crippen LogP contribution in [0.1, 0.15) is 11.6 Å². The van der Waals surface area contributed by atoms with Crippen LogP contribution in [0.5, 0.6) is 0 Å². The molecule has 0 fully saturated rings. The summed E-state index contributed by atoms with van der Waals surface area (Å²) in [4.78, 5) is 11.2. The fraction of sp³-hybridized carbons (Fsp3) is 0.0833. The summed E-state index contributed by atoms with van der Waals surface area (Å²) in [5.74, 6) is -1.24. The van der Waals surface area contributed by atoms with Gasteiger partial charge < -0.3 is 5.11 Å². The summed E-state index contributed by atoms with van der Waals surface area (Å²) in [5, 5.41) is 10.8. The number of carbonyl (C=O) groups is 1. The Balaban J connectivity index is 2.31. The van der Waals surface area contributed by atoms with Crippen molar-refractivity contribution >= 4 is 27.3 Å². The van der Waals surface area contributed by atoms with Gasteiger partial charge in [-0.25, -0.2) is 8.42 Å². The third kappa shape index (κ3) is 3.19. The lowest BCUT2D eigenvalue weighted by atomic mass is 10.1. The molecule has 2 N–H and O–H groups in total. The molecule has 19 heavy (non-hydrogen) atoms. The maximum atomic E-state index is 12.0. The number of aliphatic carboxylic acids is 1. The first-order valence-corrected chi connectivity index (χ1v) is 7.70. The van der Waals surface area contributed by atoms with Gasteiger partial charge in [-0.3, -0.25) is 4.79 Å². The molecule has 0 amide bonds. The van der Waals surface area contributed by atoms with Crippen molar-refractivity contribution in [2.45, 2.75) is 10.3 Å². The molecule has 1 unspecified atom stereocenters. The molecule has 0 saturated carbocycles. The summed E-state index contributed by atoms with van der Waals surface area (Å²) in [6.45, 7) is 0. The van der Waals surface area contributed by atoms with Crippen LogP contribution in [0, 0.1) is 0 Å². The molecule has 0 radical (unpaired) electrons. The maximum Gasteiger partial charge on any atom is 0.326 e. The quantitative estimate of drug-likeness (QED) is 0.882. The highest BCUT2D eigenvalue weighted by molar-refractivity contribution is 7.91. The average Bonchev–Trinajstić information content (AvgIpc) is 2.91. The summed E-state index contributed by atoms with van der Waals surface area (Å²) >= 11 is 1.04. The van der Waals surface area contributed by atoms with E-state index in [0.29, 0.717) is 5.56 Å². The number of carboxylic acids is 1. The largest absolute Gasteiger partial charge is 0.480 e. The molecule has 1 aromatic heterocycles. The van der Waals surface area contributed by atoms with Crippen LogP contribution in [0.25, 0.3) is 0 Å². The van der Waals surface area contributed by atoms with Gasteiger partial charge in [0.15, 0.2) is 0 Å². The minimum Gasteiger partial charge on any atom is -0.480 e. The second kappa shape index (κ2) is 5.52. The third-order valence-electron chi connectivity index (χ3n) is 2.41. The van der Waals surface area contributed by atoms with Gasteiger partial charge in [-0.15, -0.1) is 11.3 Å². The zero-order valence-corrected chi connectivity index (χ0v) is 11.3. The Kier molecular flexibility index (Phi) is 3.98. The van der Waals surface area contributed by atoms with Gasteiger partial charge in [0.25, 0.3) is 10.0 Å². The van der Waals surface area contributed by atoms with Crippen LogP contribution >= 0.6 is 11.3 Å². The van der Waals surface area contributed by atoms with Crippen LogP contribution in [0.4, 0.5) is 0 Å². The second-order valence-electron chi connectivity index (χ2n) is 3.74. The second-order valence-corrected chi connectivity index (χ2v) is 6.62. The summed E-state index contributed by atoms with van der Waals surface area (Å²) in [5.41, 5.74) is 0.384. The van der Waals surface area contributed by atoms with Crippen LogP contribution in [-0.2, 0) is 14.8 Å². The molecule has 100 valence electrons. The molecule has 0 saturated heterocycles. The van der Waals surface area contributed by atoms with Crippen molar-refractivity contribution in [2.75, 3.05) is 0 Å². The predicted molar refractivity (Wildman–Crippen MR) is 71.5 cm³/mol. The molecule has 0 aliphatic rings. The van der Waals surface area contributed by atoms with E-state index < -0.39 is 22.0 Å². The van der Waals surface area contributed by atoms with E-state index in [1.54, 1.807) is 41.8 Å². The van der Waals surface area contributed by atoms with E-state index in [0.717, 1.165) is 11.3 Å². The minimum atomic E-state index is -3.82. The van der Waals surface area contributed by atoms with Gasteiger partial charge in [-0.1, -0.05) is 36.4 Å². The van der Waals surface area contributed by atoms with Crippen LogP contribution in [-0.4, -0.2) is 19.5 Å². The molecule has 7 heteroatoms. The predicted octanol–water partition coefficient (Wildman–Crippen LogP) is 1.85. The number of benzene rings is 1. The monoisotopic (exact) mass is 297 g/mol. The van der Waals surface area contributed by atoms with Gasteiger partial charge in [0.2, 0.25) is 0 Å². The normalized spacial score (nSPS) is 13.1. The third-order valence-corrected chi connectivity index (χ3v) is 5.23. The SMILES string of the molecule is O=C(O)C(NS(=O)(=O)c1cccs1)c1ccccc1. The number of carboxylic acid groups (broad SMARTS) is 1. The summed E-state index contributed by atoms with van der Waals surface area (Å²) in [6, 6.07) is 9.90. The smallest absolute Gasteiger partial charge is 0.326 e. The first-order valence-electron chi connectivity index (χ1n) is 5.34. The molecular weight excluding hydrogens is 286 g/mol. The first kappa shape index (κ1) is 13.7. The van der Waals surface area contributed by atoms with Crippen molar-refractivity contribution in [3.8, 4) is 0 Å².